The Bertz CT molecular complexity index is 809. The molecule has 9 heteroatoms. The van der Waals surface area contributed by atoms with Gasteiger partial charge in [-0.15, -0.1) is 0 Å². The van der Waals surface area contributed by atoms with E-state index in [9.17, 15) is 18.0 Å². The van der Waals surface area contributed by atoms with Crippen molar-refractivity contribution in [3.8, 4) is 5.75 Å². The van der Waals surface area contributed by atoms with E-state index in [0.29, 0.717) is 25.4 Å². The van der Waals surface area contributed by atoms with Gasteiger partial charge in [-0.1, -0.05) is 18.2 Å². The van der Waals surface area contributed by atoms with Crippen LogP contribution >= 0.6 is 0 Å². The highest BCUT2D eigenvalue weighted by Gasteiger charge is 2.47. The van der Waals surface area contributed by atoms with Gasteiger partial charge in [0.2, 0.25) is 5.91 Å². The largest absolute Gasteiger partial charge is 0.482 e. The van der Waals surface area contributed by atoms with Crippen molar-refractivity contribution >= 4 is 21.7 Å². The lowest BCUT2D eigenvalue weighted by atomic mass is 10.0. The topological polar surface area (TPSA) is 104 Å². The summed E-state index contributed by atoms with van der Waals surface area (Å²) in [6.45, 7) is 2.51. The highest BCUT2D eigenvalue weighted by atomic mass is 32.2. The number of nitrogens with zero attached hydrogens (tertiary/aromatic N) is 2. The molecule has 142 valence electrons. The molecule has 3 rings (SSSR count). The van der Waals surface area contributed by atoms with E-state index in [4.69, 9.17) is 9.84 Å². The Hall–Kier alpha value is -2.13. The third kappa shape index (κ3) is 3.99. The fraction of sp³-hybridized carbons (Fsp3) is 0.529. The Labute approximate surface area is 152 Å². The van der Waals surface area contributed by atoms with Gasteiger partial charge in [-0.25, -0.2) is 13.2 Å². The molecule has 26 heavy (non-hydrogen) atoms. The van der Waals surface area contributed by atoms with Crippen LogP contribution in [-0.4, -0.2) is 78.5 Å². The summed E-state index contributed by atoms with van der Waals surface area (Å²) in [5.74, 6) is -0.676. The number of hydrogen-bond acceptors (Lipinski definition) is 6. The van der Waals surface area contributed by atoms with Gasteiger partial charge < -0.3 is 14.7 Å². The van der Waals surface area contributed by atoms with Crippen LogP contribution in [0.15, 0.2) is 24.3 Å². The zero-order chi connectivity index (χ0) is 18.9. The quantitative estimate of drug-likeness (QED) is 0.763. The Morgan fingerprint density at radius 3 is 2.58 bits per heavy atom. The standard InChI is InChI=1S/C17H22N2O6S/c1-12(20)19-7-6-18(14-10-26(23,24)11-15(14)19)8-13-4-2-3-5-16(13)25-9-17(21)22/h2-5,14-15H,6-11H2,1H3,(H,21,22)/t14-,15+/m1/s1. The molecule has 0 radical (unpaired) electrons. The predicted molar refractivity (Wildman–Crippen MR) is 93.6 cm³/mol. The molecular formula is C17H22N2O6S. The number of sulfone groups is 1. The number of fused-ring (bicyclic) bond motifs is 1. The Morgan fingerprint density at radius 2 is 1.88 bits per heavy atom. The van der Waals surface area contributed by atoms with E-state index in [1.807, 2.05) is 12.1 Å². The summed E-state index contributed by atoms with van der Waals surface area (Å²) in [6, 6.07) is 6.54. The molecule has 1 aromatic rings. The monoisotopic (exact) mass is 382 g/mol. The minimum Gasteiger partial charge on any atom is -0.482 e. The molecule has 2 fully saturated rings. The Balaban J connectivity index is 1.80. The summed E-state index contributed by atoms with van der Waals surface area (Å²) in [4.78, 5) is 26.3. The van der Waals surface area contributed by atoms with Gasteiger partial charge in [0.25, 0.3) is 0 Å². The first-order valence-electron chi connectivity index (χ1n) is 8.41. The van der Waals surface area contributed by atoms with E-state index in [1.165, 1.54) is 6.92 Å². The first kappa shape index (κ1) is 18.7. The van der Waals surface area contributed by atoms with Crippen molar-refractivity contribution in [3.63, 3.8) is 0 Å². The van der Waals surface area contributed by atoms with E-state index in [2.05, 4.69) is 4.90 Å². The molecule has 1 amide bonds. The maximum absolute atomic E-state index is 12.2. The predicted octanol–water partition coefficient (Wildman–Crippen LogP) is -0.0203. The summed E-state index contributed by atoms with van der Waals surface area (Å²) < 4.78 is 29.6. The highest BCUT2D eigenvalue weighted by molar-refractivity contribution is 7.91. The van der Waals surface area contributed by atoms with Crippen LogP contribution in [-0.2, 0) is 26.0 Å². The third-order valence-electron chi connectivity index (χ3n) is 4.89. The Morgan fingerprint density at radius 1 is 1.19 bits per heavy atom. The Kier molecular flexibility index (Phi) is 5.19. The number of carboxylic acids is 1. The molecule has 8 nitrogen and oxygen atoms in total. The molecular weight excluding hydrogens is 360 g/mol. The molecule has 0 saturated carbocycles. The number of benzene rings is 1. The molecule has 2 heterocycles. The van der Waals surface area contributed by atoms with Gasteiger partial charge in [-0.2, -0.15) is 0 Å². The average Bonchev–Trinajstić information content (AvgIpc) is 2.89. The van der Waals surface area contributed by atoms with Crippen LogP contribution in [0.4, 0.5) is 0 Å². The van der Waals surface area contributed by atoms with Crippen molar-refractivity contribution in [3.05, 3.63) is 29.8 Å². The van der Waals surface area contributed by atoms with Gasteiger partial charge in [0, 0.05) is 38.2 Å². The van der Waals surface area contributed by atoms with Crippen LogP contribution in [0.25, 0.3) is 0 Å². The maximum atomic E-state index is 12.2. The summed E-state index contributed by atoms with van der Waals surface area (Å²) >= 11 is 0. The van der Waals surface area contributed by atoms with Gasteiger partial charge in [-0.05, 0) is 6.07 Å². The van der Waals surface area contributed by atoms with E-state index in [1.54, 1.807) is 17.0 Å². The van der Waals surface area contributed by atoms with Gasteiger partial charge in [0.1, 0.15) is 5.75 Å². The smallest absolute Gasteiger partial charge is 0.341 e. The zero-order valence-corrected chi connectivity index (χ0v) is 15.3. The normalized spacial score (nSPS) is 24.9. The van der Waals surface area contributed by atoms with E-state index in [0.717, 1.165) is 5.56 Å². The molecule has 2 atom stereocenters. The highest BCUT2D eigenvalue weighted by Crippen LogP contribution is 2.30. The SMILES string of the molecule is CC(=O)N1CCN(Cc2ccccc2OCC(=O)O)[C@@H]2CS(=O)(=O)C[C@@H]21. The minimum atomic E-state index is -3.20. The fourth-order valence-corrected chi connectivity index (χ4v) is 5.76. The average molecular weight is 382 g/mol. The molecule has 2 saturated heterocycles. The second kappa shape index (κ2) is 7.24. The number of carbonyl (C=O) groups excluding carboxylic acids is 1. The summed E-state index contributed by atoms with van der Waals surface area (Å²) in [5.41, 5.74) is 0.799. The van der Waals surface area contributed by atoms with Crippen molar-refractivity contribution in [2.45, 2.75) is 25.6 Å². The summed E-state index contributed by atoms with van der Waals surface area (Å²) in [7, 11) is -3.20. The van der Waals surface area contributed by atoms with Gasteiger partial charge in [0.15, 0.2) is 16.4 Å². The molecule has 1 aromatic carbocycles. The third-order valence-corrected chi connectivity index (χ3v) is 6.59. The number of amides is 1. The number of piperazine rings is 1. The molecule has 0 bridgehead atoms. The number of aliphatic carboxylic acids is 1. The number of carbonyl (C=O) groups is 2. The van der Waals surface area contributed by atoms with Crippen LogP contribution in [0.3, 0.4) is 0 Å². The number of carboxylic acid groups (broad SMARTS) is 1. The van der Waals surface area contributed by atoms with Crippen LogP contribution in [0.2, 0.25) is 0 Å². The molecule has 0 unspecified atom stereocenters. The van der Waals surface area contributed by atoms with E-state index in [-0.39, 0.29) is 29.5 Å². The zero-order valence-electron chi connectivity index (χ0n) is 14.5. The minimum absolute atomic E-state index is 0.00902. The van der Waals surface area contributed by atoms with Crippen LogP contribution in [0, 0.1) is 0 Å². The van der Waals surface area contributed by atoms with Crippen LogP contribution in [0.1, 0.15) is 12.5 Å². The molecule has 2 aliphatic heterocycles. The lowest BCUT2D eigenvalue weighted by Gasteiger charge is -2.43. The van der Waals surface area contributed by atoms with Crippen molar-refractivity contribution < 1.29 is 27.9 Å². The first-order chi connectivity index (χ1) is 12.3. The molecule has 0 aromatic heterocycles. The van der Waals surface area contributed by atoms with Crippen molar-refractivity contribution in [2.24, 2.45) is 0 Å². The summed E-state index contributed by atoms with van der Waals surface area (Å²) in [6.07, 6.45) is 0. The van der Waals surface area contributed by atoms with Gasteiger partial charge >= 0.3 is 5.97 Å². The second-order valence-corrected chi connectivity index (χ2v) is 8.84. The van der Waals surface area contributed by atoms with Crippen molar-refractivity contribution in [1.82, 2.24) is 9.80 Å². The van der Waals surface area contributed by atoms with E-state index >= 15 is 0 Å². The van der Waals surface area contributed by atoms with Gasteiger partial charge in [0.05, 0.1) is 17.5 Å². The van der Waals surface area contributed by atoms with Crippen LogP contribution in [0.5, 0.6) is 5.75 Å². The maximum Gasteiger partial charge on any atom is 0.341 e. The fourth-order valence-electron chi connectivity index (χ4n) is 3.75. The van der Waals surface area contributed by atoms with Crippen molar-refractivity contribution in [1.29, 1.82) is 0 Å². The first-order valence-corrected chi connectivity index (χ1v) is 10.2. The van der Waals surface area contributed by atoms with Gasteiger partial charge in [-0.3, -0.25) is 9.69 Å². The number of ether oxygens (including phenoxy) is 1. The summed E-state index contributed by atoms with van der Waals surface area (Å²) in [5, 5.41) is 8.81. The molecule has 0 aliphatic carbocycles. The molecule has 2 aliphatic rings. The number of para-hydroxylation sites is 1. The number of rotatable bonds is 5. The molecule has 0 spiro atoms. The van der Waals surface area contributed by atoms with Crippen LogP contribution < -0.4 is 4.74 Å². The lowest BCUT2D eigenvalue weighted by Crippen LogP contribution is -2.59. The lowest BCUT2D eigenvalue weighted by molar-refractivity contribution is -0.139. The molecule has 1 N–H and O–H groups in total. The van der Waals surface area contributed by atoms with E-state index < -0.39 is 22.4 Å². The van der Waals surface area contributed by atoms with Crippen molar-refractivity contribution in [2.75, 3.05) is 31.2 Å². The second-order valence-electron chi connectivity index (χ2n) is 6.68. The number of hydrogen-bond donors (Lipinski definition) is 1.